The van der Waals surface area contributed by atoms with Crippen LogP contribution in [-0.2, 0) is 4.84 Å². The van der Waals surface area contributed by atoms with E-state index in [1.54, 1.807) is 39.8 Å². The van der Waals surface area contributed by atoms with E-state index in [2.05, 4.69) is 45.3 Å². The average Bonchev–Trinajstić information content (AvgIpc) is 3.90. The molecule has 1 saturated heterocycles. The van der Waals surface area contributed by atoms with Crippen LogP contribution in [0, 0.1) is 0 Å². The summed E-state index contributed by atoms with van der Waals surface area (Å²) in [5.74, 6) is 3.98. The Labute approximate surface area is 321 Å². The molecule has 2 aliphatic rings. The Hall–Kier alpha value is -5.04. The number of aromatic nitrogens is 1. The molecular weight excluding hydrogens is 705 g/mol. The van der Waals surface area contributed by atoms with Crippen molar-refractivity contribution in [3.05, 3.63) is 90.0 Å². The van der Waals surface area contributed by atoms with Gasteiger partial charge in [0.25, 0.3) is 0 Å². The summed E-state index contributed by atoms with van der Waals surface area (Å²) in [6.45, 7) is 7.57. The highest BCUT2D eigenvalue weighted by molar-refractivity contribution is 7.21. The van der Waals surface area contributed by atoms with Crippen LogP contribution in [0.15, 0.2) is 84.0 Å². The van der Waals surface area contributed by atoms with E-state index < -0.39 is 0 Å². The minimum atomic E-state index is -0.252. The molecule has 2 aliphatic heterocycles. The van der Waals surface area contributed by atoms with Gasteiger partial charge in [-0.2, -0.15) is 0 Å². The molecule has 5 aromatic rings. The molecule has 1 aromatic heterocycles. The molecule has 3 heterocycles. The quantitative estimate of drug-likeness (QED) is 0.0879. The Morgan fingerprint density at radius 3 is 2.00 bits per heavy atom. The monoisotopic (exact) mass is 752 g/mol. The molecule has 0 bridgehead atoms. The Kier molecular flexibility index (Phi) is 12.3. The molecule has 12 heteroatoms. The van der Waals surface area contributed by atoms with Gasteiger partial charge in [-0.1, -0.05) is 23.4 Å². The van der Waals surface area contributed by atoms with Gasteiger partial charge < -0.3 is 43.1 Å². The maximum absolute atomic E-state index is 6.26. The standard InChI is InChI=1S/C42H48N4O7S/c1-47-35-16-13-30(36-28-34(44-53-36)31-26-38(48-2)41(50-4)39(27-31)49-3)25-37(35)52-24-8-18-46-21-19-45(20-22-46)17-7-23-51-32-14-11-29(12-15-32)42-43-33-9-5-6-10-40(33)54-42/h5-6,9-16,25-27,36H,7-8,17-24,28H2,1-4H3. The van der Waals surface area contributed by atoms with Crippen LogP contribution in [0.1, 0.15) is 36.5 Å². The number of hydrogen-bond donors (Lipinski definition) is 0. The highest BCUT2D eigenvalue weighted by atomic mass is 32.1. The number of rotatable bonds is 17. The lowest BCUT2D eigenvalue weighted by Gasteiger charge is -2.34. The van der Waals surface area contributed by atoms with Crippen molar-refractivity contribution in [3.63, 3.8) is 0 Å². The number of methoxy groups -OCH3 is 4. The number of ether oxygens (including phenoxy) is 6. The van der Waals surface area contributed by atoms with E-state index >= 15 is 0 Å². The Bertz CT molecular complexity index is 1970. The molecule has 11 nitrogen and oxygen atoms in total. The first-order valence-electron chi connectivity index (χ1n) is 18.4. The SMILES string of the molecule is COc1ccc(C2CC(c3cc(OC)c(OC)c(OC)c3)=NO2)cc1OCCCN1CCN(CCCOc2ccc(-c3nc4ccccc4s3)cc2)CC1. The topological polar surface area (TPSA) is 96.3 Å². The fourth-order valence-electron chi connectivity index (χ4n) is 6.86. The van der Waals surface area contributed by atoms with Crippen molar-refractivity contribution in [2.24, 2.45) is 5.16 Å². The second kappa shape index (κ2) is 17.9. The second-order valence-corrected chi connectivity index (χ2v) is 14.3. The van der Waals surface area contributed by atoms with Gasteiger partial charge in [-0.15, -0.1) is 11.3 Å². The maximum Gasteiger partial charge on any atom is 0.203 e. The predicted molar refractivity (Wildman–Crippen MR) is 212 cm³/mol. The van der Waals surface area contributed by atoms with Gasteiger partial charge in [0.05, 0.1) is 57.6 Å². The molecule has 0 amide bonds. The molecule has 0 radical (unpaired) electrons. The van der Waals surface area contributed by atoms with Crippen molar-refractivity contribution < 1.29 is 33.3 Å². The number of oxime groups is 1. The van der Waals surface area contributed by atoms with Crippen molar-refractivity contribution in [2.75, 3.05) is 80.9 Å². The minimum Gasteiger partial charge on any atom is -0.494 e. The third kappa shape index (κ3) is 8.83. The van der Waals surface area contributed by atoms with Gasteiger partial charge in [0.2, 0.25) is 5.75 Å². The first-order valence-corrected chi connectivity index (χ1v) is 19.2. The van der Waals surface area contributed by atoms with E-state index in [-0.39, 0.29) is 6.10 Å². The molecular formula is C42H48N4O7S. The summed E-state index contributed by atoms with van der Waals surface area (Å²) in [5, 5.41) is 5.44. The summed E-state index contributed by atoms with van der Waals surface area (Å²) in [6, 6.07) is 26.2. The van der Waals surface area contributed by atoms with Crippen molar-refractivity contribution >= 4 is 27.3 Å². The maximum atomic E-state index is 6.26. The first-order chi connectivity index (χ1) is 26.5. The van der Waals surface area contributed by atoms with Crippen molar-refractivity contribution in [3.8, 4) is 45.1 Å². The number of hydrogen-bond acceptors (Lipinski definition) is 12. The number of fused-ring (bicyclic) bond motifs is 1. The van der Waals surface area contributed by atoms with Gasteiger partial charge in [-0.3, -0.25) is 0 Å². The summed E-state index contributed by atoms with van der Waals surface area (Å²) in [6.07, 6.45) is 2.26. The summed E-state index contributed by atoms with van der Waals surface area (Å²) >= 11 is 1.72. The smallest absolute Gasteiger partial charge is 0.203 e. The predicted octanol–water partition coefficient (Wildman–Crippen LogP) is 7.72. The lowest BCUT2D eigenvalue weighted by atomic mass is 9.99. The molecule has 0 spiro atoms. The summed E-state index contributed by atoms with van der Waals surface area (Å²) in [4.78, 5) is 15.7. The number of para-hydroxylation sites is 1. The number of benzene rings is 4. The summed E-state index contributed by atoms with van der Waals surface area (Å²) in [5.41, 5.74) is 4.79. The van der Waals surface area contributed by atoms with Gasteiger partial charge in [0, 0.05) is 56.8 Å². The lowest BCUT2D eigenvalue weighted by molar-refractivity contribution is 0.0854. The van der Waals surface area contributed by atoms with Crippen LogP contribution < -0.4 is 28.4 Å². The third-order valence-corrected chi connectivity index (χ3v) is 10.9. The fraction of sp³-hybridized carbons (Fsp3) is 0.381. The molecule has 4 aromatic carbocycles. The molecule has 0 saturated carbocycles. The zero-order valence-corrected chi connectivity index (χ0v) is 32.2. The van der Waals surface area contributed by atoms with Crippen LogP contribution in [0.2, 0.25) is 0 Å². The number of nitrogens with zero attached hydrogens (tertiary/aromatic N) is 4. The van der Waals surface area contributed by atoms with E-state index in [1.807, 2.05) is 48.5 Å². The van der Waals surface area contributed by atoms with Gasteiger partial charge in [-0.25, -0.2) is 4.98 Å². The highest BCUT2D eigenvalue weighted by Crippen LogP contribution is 2.41. The molecule has 1 unspecified atom stereocenters. The van der Waals surface area contributed by atoms with Crippen LogP contribution in [-0.4, -0.2) is 101 Å². The zero-order valence-electron chi connectivity index (χ0n) is 31.4. The molecule has 0 N–H and O–H groups in total. The van der Waals surface area contributed by atoms with E-state index in [1.165, 1.54) is 4.70 Å². The molecule has 7 rings (SSSR count). The molecule has 1 atom stereocenters. The Balaban J connectivity index is 0.807. The summed E-state index contributed by atoms with van der Waals surface area (Å²) < 4.78 is 35.7. The molecule has 1 fully saturated rings. The van der Waals surface area contributed by atoms with Crippen LogP contribution in [0.3, 0.4) is 0 Å². The van der Waals surface area contributed by atoms with E-state index in [0.717, 1.165) is 90.8 Å². The number of piperazine rings is 1. The van der Waals surface area contributed by atoms with Crippen molar-refractivity contribution in [1.82, 2.24) is 14.8 Å². The summed E-state index contributed by atoms with van der Waals surface area (Å²) in [7, 11) is 6.45. The third-order valence-electron chi connectivity index (χ3n) is 9.85. The highest BCUT2D eigenvalue weighted by Gasteiger charge is 2.27. The van der Waals surface area contributed by atoms with Gasteiger partial charge in [-0.05, 0) is 79.1 Å². The molecule has 284 valence electrons. The van der Waals surface area contributed by atoms with E-state index in [0.29, 0.717) is 48.4 Å². The first kappa shape index (κ1) is 37.3. The van der Waals surface area contributed by atoms with Crippen LogP contribution in [0.4, 0.5) is 0 Å². The normalized spacial score (nSPS) is 16.1. The van der Waals surface area contributed by atoms with Crippen LogP contribution >= 0.6 is 11.3 Å². The van der Waals surface area contributed by atoms with E-state index in [9.17, 15) is 0 Å². The van der Waals surface area contributed by atoms with Gasteiger partial charge in [0.1, 0.15) is 10.8 Å². The Morgan fingerprint density at radius 1 is 0.685 bits per heavy atom. The minimum absolute atomic E-state index is 0.252. The van der Waals surface area contributed by atoms with Gasteiger partial charge >= 0.3 is 0 Å². The largest absolute Gasteiger partial charge is 0.494 e. The molecule has 0 aliphatic carbocycles. The lowest BCUT2D eigenvalue weighted by Crippen LogP contribution is -2.47. The van der Waals surface area contributed by atoms with E-state index in [4.69, 9.17) is 38.2 Å². The Morgan fingerprint density at radius 2 is 1.35 bits per heavy atom. The fourth-order valence-corrected chi connectivity index (χ4v) is 7.83. The van der Waals surface area contributed by atoms with Crippen LogP contribution in [0.5, 0.6) is 34.5 Å². The average molecular weight is 753 g/mol. The van der Waals surface area contributed by atoms with Crippen molar-refractivity contribution in [1.29, 1.82) is 0 Å². The zero-order chi connectivity index (χ0) is 37.3. The van der Waals surface area contributed by atoms with Gasteiger partial charge in [0.15, 0.2) is 29.1 Å². The van der Waals surface area contributed by atoms with Crippen LogP contribution in [0.25, 0.3) is 20.8 Å². The molecule has 54 heavy (non-hydrogen) atoms. The van der Waals surface area contributed by atoms with Crippen molar-refractivity contribution in [2.45, 2.75) is 25.4 Å². The number of thiazole rings is 1. The second-order valence-electron chi connectivity index (χ2n) is 13.3.